The summed E-state index contributed by atoms with van der Waals surface area (Å²) in [6.45, 7) is 6.20. The van der Waals surface area contributed by atoms with E-state index in [2.05, 4.69) is 4.99 Å². The number of carbonyl (C=O) groups is 1. The van der Waals surface area contributed by atoms with Crippen molar-refractivity contribution in [2.24, 2.45) is 10.9 Å². The highest BCUT2D eigenvalue weighted by atomic mass is 16.5. The van der Waals surface area contributed by atoms with Crippen molar-refractivity contribution in [3.05, 3.63) is 0 Å². The predicted octanol–water partition coefficient (Wildman–Crippen LogP) is 1.67. The van der Waals surface area contributed by atoms with Gasteiger partial charge in [0.15, 0.2) is 0 Å². The lowest BCUT2D eigenvalue weighted by Gasteiger charge is -2.10. The van der Waals surface area contributed by atoms with Crippen LogP contribution in [0.2, 0.25) is 0 Å². The second-order valence-electron chi connectivity index (χ2n) is 2.64. The summed E-state index contributed by atoms with van der Waals surface area (Å²) in [5.41, 5.74) is 0.541. The van der Waals surface area contributed by atoms with Gasteiger partial charge in [0.25, 0.3) is 0 Å². The van der Waals surface area contributed by atoms with E-state index in [0.717, 1.165) is 6.42 Å². The van der Waals surface area contributed by atoms with Gasteiger partial charge in [-0.3, -0.25) is 4.99 Å². The van der Waals surface area contributed by atoms with E-state index in [1.165, 1.54) is 0 Å². The third-order valence-electron chi connectivity index (χ3n) is 1.80. The largest absolute Gasteiger partial charge is 0.462 e. The number of nitrogens with zero attached hydrogens (tertiary/aromatic N) is 1. The Morgan fingerprint density at radius 1 is 1.50 bits per heavy atom. The number of aliphatic imine (C=N–C) groups is 1. The molecule has 1 unspecified atom stereocenters. The Kier molecular flexibility index (Phi) is 5.34. The molecule has 0 aromatic rings. The van der Waals surface area contributed by atoms with E-state index in [9.17, 15) is 4.79 Å². The lowest BCUT2D eigenvalue weighted by Crippen LogP contribution is -2.24. The third-order valence-corrected chi connectivity index (χ3v) is 1.80. The molecule has 70 valence electrons. The average Bonchev–Trinajstić information content (AvgIpc) is 2.06. The normalized spacial score (nSPS) is 14.2. The predicted molar refractivity (Wildman–Crippen MR) is 49.4 cm³/mol. The van der Waals surface area contributed by atoms with Gasteiger partial charge in [0.05, 0.1) is 6.61 Å². The Morgan fingerprint density at radius 3 is 2.42 bits per heavy atom. The van der Waals surface area contributed by atoms with E-state index >= 15 is 0 Å². The first-order chi connectivity index (χ1) is 5.67. The lowest BCUT2D eigenvalue weighted by atomic mass is 10.0. The summed E-state index contributed by atoms with van der Waals surface area (Å²) in [6.07, 6.45) is 0.908. The molecule has 0 spiro atoms. The summed E-state index contributed by atoms with van der Waals surface area (Å²) in [5.74, 6) is -0.0941. The van der Waals surface area contributed by atoms with Gasteiger partial charge in [-0.2, -0.15) is 0 Å². The van der Waals surface area contributed by atoms with E-state index in [0.29, 0.717) is 12.3 Å². The number of esters is 1. The van der Waals surface area contributed by atoms with Crippen LogP contribution in [-0.4, -0.2) is 25.3 Å². The van der Waals surface area contributed by atoms with E-state index in [4.69, 9.17) is 4.74 Å². The fraction of sp³-hybridized carbons (Fsp3) is 0.778. The third kappa shape index (κ3) is 3.03. The molecule has 0 N–H and O–H groups in total. The van der Waals surface area contributed by atoms with Gasteiger partial charge < -0.3 is 4.74 Å². The van der Waals surface area contributed by atoms with Gasteiger partial charge in [0.1, 0.15) is 5.71 Å². The molecular weight excluding hydrogens is 154 g/mol. The van der Waals surface area contributed by atoms with Crippen molar-refractivity contribution >= 4 is 11.7 Å². The molecule has 0 bridgehead atoms. The number of rotatable bonds is 4. The zero-order chi connectivity index (χ0) is 9.56. The van der Waals surface area contributed by atoms with E-state index < -0.39 is 0 Å². The Hall–Kier alpha value is -0.860. The maximum absolute atomic E-state index is 11.2. The van der Waals surface area contributed by atoms with Gasteiger partial charge in [-0.15, -0.1) is 0 Å². The fourth-order valence-corrected chi connectivity index (χ4v) is 0.911. The highest BCUT2D eigenvalue weighted by Gasteiger charge is 2.17. The Labute approximate surface area is 73.8 Å². The second kappa shape index (κ2) is 5.75. The lowest BCUT2D eigenvalue weighted by molar-refractivity contribution is -0.135. The number of ether oxygens (including phenoxy) is 1. The van der Waals surface area contributed by atoms with Crippen LogP contribution in [-0.2, 0) is 9.53 Å². The topological polar surface area (TPSA) is 38.7 Å². The molecule has 0 saturated carbocycles. The Morgan fingerprint density at radius 2 is 2.08 bits per heavy atom. The SMILES string of the molecule is CCOC(=O)C(=NC)C(C)CC. The van der Waals surface area contributed by atoms with Gasteiger partial charge in [0.2, 0.25) is 0 Å². The smallest absolute Gasteiger partial charge is 0.352 e. The number of hydrogen-bond acceptors (Lipinski definition) is 3. The number of carbonyl (C=O) groups excluding carboxylic acids is 1. The monoisotopic (exact) mass is 171 g/mol. The second-order valence-corrected chi connectivity index (χ2v) is 2.64. The summed E-state index contributed by atoms with van der Waals surface area (Å²) >= 11 is 0. The molecule has 12 heavy (non-hydrogen) atoms. The molecule has 0 saturated heterocycles. The number of hydrogen-bond donors (Lipinski definition) is 0. The van der Waals surface area contributed by atoms with Gasteiger partial charge in [-0.25, -0.2) is 4.79 Å². The minimum atomic E-state index is -0.283. The molecule has 0 aliphatic rings. The molecule has 0 amide bonds. The van der Waals surface area contributed by atoms with Crippen LogP contribution in [0.3, 0.4) is 0 Å². The van der Waals surface area contributed by atoms with Crippen LogP contribution in [0.4, 0.5) is 0 Å². The van der Waals surface area contributed by atoms with Crippen LogP contribution < -0.4 is 0 Å². The minimum absolute atomic E-state index is 0.189. The van der Waals surface area contributed by atoms with E-state index in [-0.39, 0.29) is 11.9 Å². The van der Waals surface area contributed by atoms with Crippen LogP contribution in [0.25, 0.3) is 0 Å². The quantitative estimate of drug-likeness (QED) is 0.476. The first-order valence-corrected chi connectivity index (χ1v) is 4.31. The molecule has 0 aliphatic heterocycles. The molecular formula is C9H17NO2. The molecule has 0 aliphatic carbocycles. The Balaban J connectivity index is 4.26. The van der Waals surface area contributed by atoms with Crippen molar-refractivity contribution < 1.29 is 9.53 Å². The molecule has 3 heteroatoms. The van der Waals surface area contributed by atoms with Crippen molar-refractivity contribution in [3.63, 3.8) is 0 Å². The van der Waals surface area contributed by atoms with Crippen molar-refractivity contribution in [3.8, 4) is 0 Å². The summed E-state index contributed by atoms with van der Waals surface area (Å²) < 4.78 is 4.85. The zero-order valence-electron chi connectivity index (χ0n) is 8.26. The minimum Gasteiger partial charge on any atom is -0.462 e. The van der Waals surface area contributed by atoms with E-state index in [1.807, 2.05) is 13.8 Å². The first kappa shape index (κ1) is 11.1. The van der Waals surface area contributed by atoms with Gasteiger partial charge in [0, 0.05) is 13.0 Å². The molecule has 0 rings (SSSR count). The highest BCUT2D eigenvalue weighted by molar-refractivity contribution is 6.37. The zero-order valence-corrected chi connectivity index (χ0v) is 8.26. The van der Waals surface area contributed by atoms with Crippen LogP contribution >= 0.6 is 0 Å². The van der Waals surface area contributed by atoms with Gasteiger partial charge in [-0.1, -0.05) is 13.8 Å². The fourth-order valence-electron chi connectivity index (χ4n) is 0.911. The van der Waals surface area contributed by atoms with Crippen LogP contribution in [0, 0.1) is 5.92 Å². The van der Waals surface area contributed by atoms with Gasteiger partial charge >= 0.3 is 5.97 Å². The highest BCUT2D eigenvalue weighted by Crippen LogP contribution is 2.05. The van der Waals surface area contributed by atoms with Crippen LogP contribution in [0.15, 0.2) is 4.99 Å². The summed E-state index contributed by atoms with van der Waals surface area (Å²) in [4.78, 5) is 15.1. The standard InChI is InChI=1S/C9H17NO2/c1-5-7(3)8(10-4)9(11)12-6-2/h7H,5-6H2,1-4H3. The molecule has 0 aromatic heterocycles. The van der Waals surface area contributed by atoms with Crippen molar-refractivity contribution in [1.29, 1.82) is 0 Å². The Bertz CT molecular complexity index is 175. The molecule has 0 fully saturated rings. The molecule has 0 heterocycles. The molecule has 0 radical (unpaired) electrons. The van der Waals surface area contributed by atoms with Gasteiger partial charge in [-0.05, 0) is 13.3 Å². The maximum Gasteiger partial charge on any atom is 0.352 e. The maximum atomic E-state index is 11.2. The van der Waals surface area contributed by atoms with Crippen molar-refractivity contribution in [2.75, 3.05) is 13.7 Å². The summed E-state index contributed by atoms with van der Waals surface area (Å²) in [5, 5.41) is 0. The summed E-state index contributed by atoms with van der Waals surface area (Å²) in [7, 11) is 1.62. The van der Waals surface area contributed by atoms with Crippen LogP contribution in [0.5, 0.6) is 0 Å². The summed E-state index contributed by atoms with van der Waals surface area (Å²) in [6, 6.07) is 0. The van der Waals surface area contributed by atoms with Crippen molar-refractivity contribution in [1.82, 2.24) is 0 Å². The first-order valence-electron chi connectivity index (χ1n) is 4.31. The van der Waals surface area contributed by atoms with Crippen molar-refractivity contribution in [2.45, 2.75) is 27.2 Å². The van der Waals surface area contributed by atoms with Crippen LogP contribution in [0.1, 0.15) is 27.2 Å². The molecule has 0 aromatic carbocycles. The average molecular weight is 171 g/mol. The van der Waals surface area contributed by atoms with E-state index in [1.54, 1.807) is 14.0 Å². The molecule has 1 atom stereocenters. The molecule has 3 nitrogen and oxygen atoms in total.